The molecule has 1 N–H and O–H groups in total. The van der Waals surface area contributed by atoms with Crippen LogP contribution in [0.15, 0.2) is 53.0 Å². The average molecular weight is 345 g/mol. The minimum atomic E-state index is -0.395. The Morgan fingerprint density at radius 1 is 1.17 bits per heavy atom. The quantitative estimate of drug-likeness (QED) is 0.709. The molecule has 9 heteroatoms. The third kappa shape index (κ3) is 3.82. The Morgan fingerprint density at radius 2 is 2.00 bits per heavy atom. The van der Waals surface area contributed by atoms with Crippen molar-refractivity contribution in [3.8, 4) is 5.69 Å². The van der Waals surface area contributed by atoms with Crippen molar-refractivity contribution < 1.29 is 9.59 Å². The molecular weight excluding hydrogens is 334 g/mol. The van der Waals surface area contributed by atoms with Gasteiger partial charge in [-0.3, -0.25) is 14.9 Å². The number of nitrogens with one attached hydrogen (secondary N) is 1. The zero-order valence-electron chi connectivity index (χ0n) is 11.7. The first-order valence-corrected chi connectivity index (χ1v) is 8.45. The predicted octanol–water partition coefficient (Wildman–Crippen LogP) is 1.77. The van der Waals surface area contributed by atoms with E-state index >= 15 is 0 Å². The average Bonchev–Trinajstić information content (AvgIpc) is 3.25. The van der Waals surface area contributed by atoms with Crippen LogP contribution in [-0.2, 0) is 4.79 Å². The minimum Gasteiger partial charge on any atom is -0.291 e. The lowest BCUT2D eigenvalue weighted by atomic mass is 10.3. The second-order valence-electron chi connectivity index (χ2n) is 4.35. The fraction of sp³-hybridized carbons (Fsp3) is 0.0714. The topological polar surface area (TPSA) is 89.8 Å². The summed E-state index contributed by atoms with van der Waals surface area (Å²) in [6.07, 6.45) is 0. The molecule has 2 amide bonds. The van der Waals surface area contributed by atoms with E-state index < -0.39 is 11.8 Å². The van der Waals surface area contributed by atoms with Crippen molar-refractivity contribution in [2.75, 3.05) is 5.75 Å². The number of carbonyl (C=O) groups is 2. The highest BCUT2D eigenvalue weighted by Gasteiger charge is 2.14. The van der Waals surface area contributed by atoms with Crippen LogP contribution in [0.1, 0.15) is 9.67 Å². The Labute approximate surface area is 139 Å². The number of thioether (sulfide) groups is 1. The highest BCUT2D eigenvalue weighted by atomic mass is 32.2. The van der Waals surface area contributed by atoms with E-state index in [4.69, 9.17) is 0 Å². The molecule has 0 atom stereocenters. The van der Waals surface area contributed by atoms with Gasteiger partial charge in [-0.15, -0.1) is 16.4 Å². The number of hydrogen-bond acceptors (Lipinski definition) is 7. The van der Waals surface area contributed by atoms with Gasteiger partial charge in [-0.2, -0.15) is 4.68 Å². The van der Waals surface area contributed by atoms with Gasteiger partial charge < -0.3 is 0 Å². The van der Waals surface area contributed by atoms with Crippen molar-refractivity contribution in [3.05, 3.63) is 52.7 Å². The molecule has 0 aliphatic rings. The first-order valence-electron chi connectivity index (χ1n) is 6.58. The summed E-state index contributed by atoms with van der Waals surface area (Å²) in [4.78, 5) is 24.2. The first kappa shape index (κ1) is 15.4. The molecule has 0 unspecified atom stereocenters. The van der Waals surface area contributed by atoms with Crippen molar-refractivity contribution in [1.29, 1.82) is 0 Å². The number of benzene rings is 1. The lowest BCUT2D eigenvalue weighted by Gasteiger charge is -2.04. The highest BCUT2D eigenvalue weighted by molar-refractivity contribution is 7.99. The lowest BCUT2D eigenvalue weighted by molar-refractivity contribution is -0.117. The zero-order valence-corrected chi connectivity index (χ0v) is 13.4. The molecule has 3 rings (SSSR count). The SMILES string of the molecule is O=C(CSc1nnnn1-c1ccccc1)NC(=O)c1cccs1. The molecule has 0 fully saturated rings. The number of rotatable bonds is 5. The van der Waals surface area contributed by atoms with Crippen LogP contribution in [-0.4, -0.2) is 37.8 Å². The highest BCUT2D eigenvalue weighted by Crippen LogP contribution is 2.17. The second-order valence-corrected chi connectivity index (χ2v) is 6.24. The van der Waals surface area contributed by atoms with Gasteiger partial charge in [0.1, 0.15) is 0 Å². The molecule has 116 valence electrons. The van der Waals surface area contributed by atoms with E-state index in [1.165, 1.54) is 11.3 Å². The number of imide groups is 1. The third-order valence-electron chi connectivity index (χ3n) is 2.77. The van der Waals surface area contributed by atoms with Crippen LogP contribution in [0.25, 0.3) is 5.69 Å². The Hall–Kier alpha value is -2.52. The maximum absolute atomic E-state index is 11.9. The van der Waals surface area contributed by atoms with Crippen LogP contribution >= 0.6 is 23.1 Å². The molecule has 2 heterocycles. The number of thiophene rings is 1. The molecule has 0 saturated heterocycles. The summed E-state index contributed by atoms with van der Waals surface area (Å²) in [6, 6.07) is 12.8. The number of hydrogen-bond donors (Lipinski definition) is 1. The van der Waals surface area contributed by atoms with Crippen molar-refractivity contribution >= 4 is 34.9 Å². The van der Waals surface area contributed by atoms with Crippen molar-refractivity contribution in [2.45, 2.75) is 5.16 Å². The van der Waals surface area contributed by atoms with Crippen LogP contribution in [0, 0.1) is 0 Å². The summed E-state index contributed by atoms with van der Waals surface area (Å²) >= 11 is 2.44. The second kappa shape index (κ2) is 7.16. The largest absolute Gasteiger partial charge is 0.291 e. The summed E-state index contributed by atoms with van der Waals surface area (Å²) < 4.78 is 1.54. The molecule has 3 aromatic rings. The number of aromatic nitrogens is 4. The van der Waals surface area contributed by atoms with Crippen molar-refractivity contribution in [2.24, 2.45) is 0 Å². The smallest absolute Gasteiger partial charge is 0.267 e. The first-order chi connectivity index (χ1) is 11.2. The fourth-order valence-electron chi connectivity index (χ4n) is 1.76. The Morgan fingerprint density at radius 3 is 2.74 bits per heavy atom. The number of amides is 2. The van der Waals surface area contributed by atoms with E-state index in [0.29, 0.717) is 10.0 Å². The van der Waals surface area contributed by atoms with Crippen LogP contribution in [0.5, 0.6) is 0 Å². The van der Waals surface area contributed by atoms with E-state index in [1.54, 1.807) is 22.2 Å². The predicted molar refractivity (Wildman–Crippen MR) is 86.7 cm³/mol. The maximum atomic E-state index is 11.9. The van der Waals surface area contributed by atoms with Gasteiger partial charge in [0.05, 0.1) is 16.3 Å². The Bertz CT molecular complexity index is 802. The molecule has 0 saturated carbocycles. The van der Waals surface area contributed by atoms with Gasteiger partial charge in [0.25, 0.3) is 5.91 Å². The maximum Gasteiger partial charge on any atom is 0.267 e. The molecule has 7 nitrogen and oxygen atoms in total. The van der Waals surface area contributed by atoms with Gasteiger partial charge in [0.15, 0.2) is 0 Å². The van der Waals surface area contributed by atoms with Gasteiger partial charge in [0, 0.05) is 0 Å². The molecule has 1 aromatic carbocycles. The number of nitrogens with zero attached hydrogens (tertiary/aromatic N) is 4. The molecule has 23 heavy (non-hydrogen) atoms. The molecule has 0 spiro atoms. The van der Waals surface area contributed by atoms with E-state index in [-0.39, 0.29) is 5.75 Å². The normalized spacial score (nSPS) is 10.4. The van der Waals surface area contributed by atoms with Crippen LogP contribution in [0.3, 0.4) is 0 Å². The van der Waals surface area contributed by atoms with Crippen LogP contribution in [0.2, 0.25) is 0 Å². The van der Waals surface area contributed by atoms with Crippen molar-refractivity contribution in [3.63, 3.8) is 0 Å². The van der Waals surface area contributed by atoms with Crippen molar-refractivity contribution in [1.82, 2.24) is 25.5 Å². The molecule has 0 aliphatic carbocycles. The van der Waals surface area contributed by atoms with Crippen LogP contribution in [0.4, 0.5) is 0 Å². The Kier molecular flexibility index (Phi) is 4.79. The van der Waals surface area contributed by atoms with Gasteiger partial charge >= 0.3 is 0 Å². The molecule has 0 bridgehead atoms. The summed E-state index contributed by atoms with van der Waals surface area (Å²) in [7, 11) is 0. The summed E-state index contributed by atoms with van der Waals surface area (Å²) in [5.41, 5.74) is 0.801. The lowest BCUT2D eigenvalue weighted by Crippen LogP contribution is -2.31. The van der Waals surface area contributed by atoms with E-state index in [0.717, 1.165) is 17.4 Å². The minimum absolute atomic E-state index is 0.0460. The number of tetrazole rings is 1. The van der Waals surface area contributed by atoms with Gasteiger partial charge in [-0.25, -0.2) is 0 Å². The monoisotopic (exact) mass is 345 g/mol. The molecule has 0 radical (unpaired) electrons. The fourth-order valence-corrected chi connectivity index (χ4v) is 3.07. The van der Waals surface area contributed by atoms with Gasteiger partial charge in [-0.05, 0) is 34.0 Å². The summed E-state index contributed by atoms with van der Waals surface area (Å²) in [5, 5.41) is 16.0. The van der Waals surface area contributed by atoms with E-state index in [2.05, 4.69) is 20.8 Å². The molecule has 2 aromatic heterocycles. The van der Waals surface area contributed by atoms with Crippen LogP contribution < -0.4 is 5.32 Å². The van der Waals surface area contributed by atoms with E-state index in [9.17, 15) is 9.59 Å². The van der Waals surface area contributed by atoms with Gasteiger partial charge in [0.2, 0.25) is 11.1 Å². The third-order valence-corrected chi connectivity index (χ3v) is 4.56. The number of carbonyl (C=O) groups excluding carboxylic acids is 2. The standard InChI is InChI=1S/C14H11N5O2S2/c20-12(15-13(21)11-7-4-8-22-11)9-23-14-16-17-18-19(14)10-5-2-1-3-6-10/h1-8H,9H2,(H,15,20,21). The summed E-state index contributed by atoms with van der Waals surface area (Å²) in [6.45, 7) is 0. The van der Waals surface area contributed by atoms with E-state index in [1.807, 2.05) is 30.3 Å². The Balaban J connectivity index is 1.60. The molecular formula is C14H11N5O2S2. The van der Waals surface area contributed by atoms with Gasteiger partial charge in [-0.1, -0.05) is 36.0 Å². The number of para-hydroxylation sites is 1. The zero-order chi connectivity index (χ0) is 16.1. The summed E-state index contributed by atoms with van der Waals surface area (Å²) in [5.74, 6) is -0.742. The molecule has 0 aliphatic heterocycles.